The molecule has 0 unspecified atom stereocenters. The first kappa shape index (κ1) is 20.1. The second kappa shape index (κ2) is 7.38. The first-order valence-corrected chi connectivity index (χ1v) is 9.70. The molecule has 0 amide bonds. The van der Waals surface area contributed by atoms with Gasteiger partial charge in [-0.05, 0) is 52.5 Å². The summed E-state index contributed by atoms with van der Waals surface area (Å²) in [4.78, 5) is 24.2. The summed E-state index contributed by atoms with van der Waals surface area (Å²) in [6.45, 7) is 9.09. The van der Waals surface area contributed by atoms with Crippen LogP contribution in [0.2, 0.25) is 0 Å². The van der Waals surface area contributed by atoms with Gasteiger partial charge in [0.2, 0.25) is 0 Å². The Bertz CT molecular complexity index is 931. The second-order valence-corrected chi connectivity index (χ2v) is 8.84. The number of carbonyl (C=O) groups is 2. The van der Waals surface area contributed by atoms with E-state index in [4.69, 9.17) is 0 Å². The van der Waals surface area contributed by atoms with Crippen LogP contribution < -0.4 is 0 Å². The first-order chi connectivity index (χ1) is 13.1. The number of esters is 1. The van der Waals surface area contributed by atoms with Crippen molar-refractivity contribution in [3.05, 3.63) is 76.4 Å². The Balaban J connectivity index is 1.89. The third-order valence-corrected chi connectivity index (χ3v) is 5.90. The summed E-state index contributed by atoms with van der Waals surface area (Å²) in [7, 11) is 1.34. The smallest absolute Gasteiger partial charge is 0.330 e. The second-order valence-electron chi connectivity index (χ2n) is 8.84. The molecule has 0 saturated heterocycles. The molecule has 3 rings (SSSR count). The fraction of sp³-hybridized carbons (Fsp3) is 0.360. The van der Waals surface area contributed by atoms with Crippen LogP contribution >= 0.6 is 0 Å². The minimum Gasteiger partial charge on any atom is -0.466 e. The van der Waals surface area contributed by atoms with Crippen molar-refractivity contribution in [1.29, 1.82) is 0 Å². The number of benzene rings is 2. The van der Waals surface area contributed by atoms with Crippen LogP contribution in [-0.2, 0) is 20.4 Å². The quantitative estimate of drug-likeness (QED) is 0.405. The van der Waals surface area contributed by atoms with Crippen molar-refractivity contribution >= 4 is 17.8 Å². The van der Waals surface area contributed by atoms with Crippen molar-refractivity contribution < 1.29 is 14.3 Å². The molecule has 1 aliphatic carbocycles. The predicted molar refractivity (Wildman–Crippen MR) is 113 cm³/mol. The lowest BCUT2D eigenvalue weighted by atomic mass is 9.63. The van der Waals surface area contributed by atoms with Crippen molar-refractivity contribution in [2.75, 3.05) is 7.11 Å². The molecule has 146 valence electrons. The molecule has 0 spiro atoms. The maximum absolute atomic E-state index is 13.0. The molecule has 0 fully saturated rings. The number of hydrogen-bond donors (Lipinski definition) is 0. The molecule has 0 bridgehead atoms. The van der Waals surface area contributed by atoms with Gasteiger partial charge in [0, 0.05) is 17.2 Å². The summed E-state index contributed by atoms with van der Waals surface area (Å²) in [5, 5.41) is 0. The summed E-state index contributed by atoms with van der Waals surface area (Å²) in [5.41, 5.74) is 5.06. The van der Waals surface area contributed by atoms with Crippen LogP contribution in [0.5, 0.6) is 0 Å². The average molecular weight is 376 g/mol. The molecule has 3 nitrogen and oxygen atoms in total. The molecule has 2 aromatic rings. The monoisotopic (exact) mass is 376 g/mol. The normalized spacial score (nSPS) is 17.2. The van der Waals surface area contributed by atoms with Crippen LogP contribution in [0.25, 0.3) is 6.08 Å². The summed E-state index contributed by atoms with van der Waals surface area (Å²) < 4.78 is 4.59. The Morgan fingerprint density at radius 2 is 1.43 bits per heavy atom. The topological polar surface area (TPSA) is 43.4 Å². The summed E-state index contributed by atoms with van der Waals surface area (Å²) in [6, 6.07) is 13.4. The van der Waals surface area contributed by atoms with Crippen LogP contribution in [0.1, 0.15) is 73.1 Å². The zero-order chi connectivity index (χ0) is 20.5. The number of rotatable bonds is 4. The Hall–Kier alpha value is -2.68. The lowest BCUT2D eigenvalue weighted by molar-refractivity contribution is -0.134. The highest BCUT2D eigenvalue weighted by atomic mass is 16.5. The zero-order valence-corrected chi connectivity index (χ0v) is 17.3. The van der Waals surface area contributed by atoms with Gasteiger partial charge in [-0.15, -0.1) is 0 Å². The van der Waals surface area contributed by atoms with Gasteiger partial charge in [-0.2, -0.15) is 0 Å². The molecule has 0 saturated carbocycles. The third kappa shape index (κ3) is 3.94. The Labute approximate surface area is 167 Å². The largest absolute Gasteiger partial charge is 0.466 e. The van der Waals surface area contributed by atoms with E-state index >= 15 is 0 Å². The van der Waals surface area contributed by atoms with Crippen LogP contribution in [0.3, 0.4) is 0 Å². The van der Waals surface area contributed by atoms with Gasteiger partial charge < -0.3 is 4.74 Å². The van der Waals surface area contributed by atoms with Gasteiger partial charge in [0.1, 0.15) is 0 Å². The Kier molecular flexibility index (Phi) is 5.29. The van der Waals surface area contributed by atoms with Gasteiger partial charge in [0.15, 0.2) is 5.78 Å². The maximum Gasteiger partial charge on any atom is 0.330 e. The predicted octanol–water partition coefficient (Wildman–Crippen LogP) is 5.45. The van der Waals surface area contributed by atoms with E-state index in [0.717, 1.165) is 24.0 Å². The molecular formula is C25H28O3. The van der Waals surface area contributed by atoms with E-state index in [9.17, 15) is 9.59 Å². The fourth-order valence-electron chi connectivity index (χ4n) is 3.87. The van der Waals surface area contributed by atoms with Crippen molar-refractivity contribution in [3.8, 4) is 0 Å². The van der Waals surface area contributed by atoms with Crippen LogP contribution in [-0.4, -0.2) is 18.9 Å². The molecule has 0 N–H and O–H groups in total. The van der Waals surface area contributed by atoms with Crippen LogP contribution in [0, 0.1) is 0 Å². The molecule has 0 aromatic heterocycles. The molecule has 0 atom stereocenters. The lowest BCUT2D eigenvalue weighted by Gasteiger charge is -2.42. The van der Waals surface area contributed by atoms with Gasteiger partial charge in [-0.25, -0.2) is 4.79 Å². The highest BCUT2D eigenvalue weighted by Gasteiger charge is 2.37. The molecule has 2 aromatic carbocycles. The molecule has 3 heteroatoms. The summed E-state index contributed by atoms with van der Waals surface area (Å²) in [6.07, 6.45) is 5.31. The standard InChI is InChI=1S/C25H28O3/c1-24(2)14-15-25(3,4)21-16-19(11-12-20(21)24)23(27)18-9-6-17(7-10-18)8-13-22(26)28-5/h6-13,16H,14-15H2,1-5H3/b13-8+. The van der Waals surface area contributed by atoms with Gasteiger partial charge in [-0.3, -0.25) is 4.79 Å². The summed E-state index contributed by atoms with van der Waals surface area (Å²) in [5.74, 6) is -0.384. The van der Waals surface area contributed by atoms with Gasteiger partial charge >= 0.3 is 5.97 Å². The van der Waals surface area contributed by atoms with Crippen molar-refractivity contribution in [2.24, 2.45) is 0 Å². The Morgan fingerprint density at radius 1 is 0.857 bits per heavy atom. The maximum atomic E-state index is 13.0. The SMILES string of the molecule is COC(=O)/C=C/c1ccc(C(=O)c2ccc3c(c2)C(C)(C)CCC3(C)C)cc1. The third-order valence-electron chi connectivity index (χ3n) is 5.90. The first-order valence-electron chi connectivity index (χ1n) is 9.70. The van der Waals surface area contributed by atoms with E-state index in [1.54, 1.807) is 18.2 Å². The van der Waals surface area contributed by atoms with Gasteiger partial charge in [0.05, 0.1) is 7.11 Å². The van der Waals surface area contributed by atoms with E-state index in [1.165, 1.54) is 24.3 Å². The summed E-state index contributed by atoms with van der Waals surface area (Å²) >= 11 is 0. The van der Waals surface area contributed by atoms with Gasteiger partial charge in [-0.1, -0.05) is 64.1 Å². The average Bonchev–Trinajstić information content (AvgIpc) is 2.69. The van der Waals surface area contributed by atoms with Gasteiger partial charge in [0.25, 0.3) is 0 Å². The molecule has 0 heterocycles. The lowest BCUT2D eigenvalue weighted by Crippen LogP contribution is -2.34. The molecular weight excluding hydrogens is 348 g/mol. The Morgan fingerprint density at radius 3 is 2.04 bits per heavy atom. The van der Waals surface area contributed by atoms with E-state index in [-0.39, 0.29) is 16.6 Å². The number of fused-ring (bicyclic) bond motifs is 1. The van der Waals surface area contributed by atoms with Crippen LogP contribution in [0.4, 0.5) is 0 Å². The minimum atomic E-state index is -0.403. The van der Waals surface area contributed by atoms with Crippen LogP contribution in [0.15, 0.2) is 48.5 Å². The highest BCUT2D eigenvalue weighted by Crippen LogP contribution is 2.46. The zero-order valence-electron chi connectivity index (χ0n) is 17.3. The highest BCUT2D eigenvalue weighted by molar-refractivity contribution is 6.09. The van der Waals surface area contributed by atoms with E-state index < -0.39 is 5.97 Å². The molecule has 0 aliphatic heterocycles. The number of ketones is 1. The van der Waals surface area contributed by atoms with E-state index in [1.807, 2.05) is 18.2 Å². The number of methoxy groups -OCH3 is 1. The van der Waals surface area contributed by atoms with Crippen molar-refractivity contribution in [3.63, 3.8) is 0 Å². The minimum absolute atomic E-state index is 0.0190. The van der Waals surface area contributed by atoms with Crippen molar-refractivity contribution in [1.82, 2.24) is 0 Å². The van der Waals surface area contributed by atoms with Crippen molar-refractivity contribution in [2.45, 2.75) is 51.4 Å². The number of ether oxygens (including phenoxy) is 1. The number of carbonyl (C=O) groups excluding carboxylic acids is 2. The van der Waals surface area contributed by atoms with E-state index in [2.05, 4.69) is 44.6 Å². The molecule has 0 radical (unpaired) electrons. The molecule has 28 heavy (non-hydrogen) atoms. The molecule has 1 aliphatic rings. The van der Waals surface area contributed by atoms with E-state index in [0.29, 0.717) is 5.56 Å². The number of hydrogen-bond acceptors (Lipinski definition) is 3. The fourth-order valence-corrected chi connectivity index (χ4v) is 3.87.